The summed E-state index contributed by atoms with van der Waals surface area (Å²) in [6.07, 6.45) is 4.42. The zero-order valence-electron chi connectivity index (χ0n) is 11.3. The molecule has 2 rings (SSSR count). The van der Waals surface area contributed by atoms with Crippen LogP contribution in [0.1, 0.15) is 31.4 Å². The SMILES string of the molecule is CC1(C)C/C(=C/CSC(=N)N)c2cc(Br)ccc2C1. The zero-order valence-corrected chi connectivity index (χ0v) is 13.7. The predicted molar refractivity (Wildman–Crippen MR) is 88.6 cm³/mol. The molecule has 1 aromatic rings. The Hall–Kier alpha value is -0.740. The van der Waals surface area contributed by atoms with Crippen molar-refractivity contribution in [3.8, 4) is 0 Å². The highest BCUT2D eigenvalue weighted by molar-refractivity contribution is 9.10. The number of fused-ring (bicyclic) bond motifs is 1. The van der Waals surface area contributed by atoms with Gasteiger partial charge < -0.3 is 5.73 Å². The van der Waals surface area contributed by atoms with E-state index in [-0.39, 0.29) is 5.17 Å². The highest BCUT2D eigenvalue weighted by atomic mass is 79.9. The van der Waals surface area contributed by atoms with E-state index in [1.165, 1.54) is 28.5 Å². The fraction of sp³-hybridized carbons (Fsp3) is 0.400. The van der Waals surface area contributed by atoms with Crippen LogP contribution in [0.2, 0.25) is 0 Å². The minimum Gasteiger partial charge on any atom is -0.379 e. The van der Waals surface area contributed by atoms with Crippen molar-refractivity contribution in [3.05, 3.63) is 39.9 Å². The van der Waals surface area contributed by atoms with Crippen LogP contribution in [0, 0.1) is 10.8 Å². The number of nitrogens with one attached hydrogen (secondary N) is 1. The van der Waals surface area contributed by atoms with Gasteiger partial charge in [0.1, 0.15) is 0 Å². The van der Waals surface area contributed by atoms with Gasteiger partial charge >= 0.3 is 0 Å². The standard InChI is InChI=1S/C15H19BrN2S/c1-15(2)8-10-3-4-12(16)7-13(10)11(9-15)5-6-19-14(17)18/h3-5,7H,6,8-9H2,1-2H3,(H3,17,18)/b11-5-. The summed E-state index contributed by atoms with van der Waals surface area (Å²) in [5, 5.41) is 7.45. The van der Waals surface area contributed by atoms with Gasteiger partial charge in [-0.2, -0.15) is 0 Å². The molecule has 4 heteroatoms. The van der Waals surface area contributed by atoms with E-state index in [2.05, 4.69) is 54.1 Å². The maximum atomic E-state index is 7.27. The minimum atomic E-state index is 0.182. The Bertz CT molecular complexity index is 535. The first-order valence-electron chi connectivity index (χ1n) is 6.32. The summed E-state index contributed by atoms with van der Waals surface area (Å²) in [6, 6.07) is 6.53. The predicted octanol–water partition coefficient (Wildman–Crippen LogP) is 4.43. The van der Waals surface area contributed by atoms with Crippen LogP contribution in [0.15, 0.2) is 28.7 Å². The van der Waals surface area contributed by atoms with Gasteiger partial charge in [-0.3, -0.25) is 5.41 Å². The Morgan fingerprint density at radius 2 is 2.21 bits per heavy atom. The Labute approximate surface area is 127 Å². The summed E-state index contributed by atoms with van der Waals surface area (Å²) in [4.78, 5) is 0. The van der Waals surface area contributed by atoms with E-state index < -0.39 is 0 Å². The molecule has 0 fully saturated rings. The molecule has 102 valence electrons. The maximum Gasteiger partial charge on any atom is 0.151 e. The van der Waals surface area contributed by atoms with Crippen LogP contribution in [0.25, 0.3) is 5.57 Å². The number of benzene rings is 1. The molecule has 0 aliphatic heterocycles. The van der Waals surface area contributed by atoms with E-state index >= 15 is 0 Å². The van der Waals surface area contributed by atoms with E-state index in [0.717, 1.165) is 23.1 Å². The average Bonchev–Trinajstić information content (AvgIpc) is 2.28. The van der Waals surface area contributed by atoms with Gasteiger partial charge in [-0.05, 0) is 47.1 Å². The van der Waals surface area contributed by atoms with Crippen LogP contribution in [-0.2, 0) is 6.42 Å². The largest absolute Gasteiger partial charge is 0.379 e. The topological polar surface area (TPSA) is 49.9 Å². The molecule has 0 saturated carbocycles. The van der Waals surface area contributed by atoms with Crippen molar-refractivity contribution < 1.29 is 0 Å². The van der Waals surface area contributed by atoms with Crippen molar-refractivity contribution in [2.24, 2.45) is 11.1 Å². The normalized spacial score (nSPS) is 19.2. The lowest BCUT2D eigenvalue weighted by molar-refractivity contribution is 0.365. The minimum absolute atomic E-state index is 0.182. The van der Waals surface area contributed by atoms with Gasteiger partial charge in [0.2, 0.25) is 0 Å². The van der Waals surface area contributed by atoms with Gasteiger partial charge in [0.25, 0.3) is 0 Å². The van der Waals surface area contributed by atoms with Crippen LogP contribution in [0.5, 0.6) is 0 Å². The molecular formula is C15H19BrN2S. The molecule has 1 aromatic carbocycles. The average molecular weight is 339 g/mol. The summed E-state index contributed by atoms with van der Waals surface area (Å²) < 4.78 is 1.12. The Morgan fingerprint density at radius 1 is 1.47 bits per heavy atom. The molecule has 0 unspecified atom stereocenters. The van der Waals surface area contributed by atoms with Crippen LogP contribution in [0.3, 0.4) is 0 Å². The number of amidine groups is 1. The lowest BCUT2D eigenvalue weighted by atomic mass is 9.72. The van der Waals surface area contributed by atoms with Crippen molar-refractivity contribution in [2.45, 2.75) is 26.7 Å². The molecule has 0 atom stereocenters. The summed E-state index contributed by atoms with van der Waals surface area (Å²) in [5.74, 6) is 0.771. The first-order valence-corrected chi connectivity index (χ1v) is 8.10. The van der Waals surface area contributed by atoms with Crippen LogP contribution < -0.4 is 5.73 Å². The third-order valence-electron chi connectivity index (χ3n) is 3.32. The summed E-state index contributed by atoms with van der Waals surface area (Å²) in [6.45, 7) is 4.62. The Kier molecular flexibility index (Phi) is 4.41. The van der Waals surface area contributed by atoms with Gasteiger partial charge in [0.05, 0.1) is 0 Å². The number of allylic oxidation sites excluding steroid dienone is 1. The highest BCUT2D eigenvalue weighted by Crippen LogP contribution is 2.42. The molecule has 0 bridgehead atoms. The van der Waals surface area contributed by atoms with Crippen molar-refractivity contribution in [1.82, 2.24) is 0 Å². The van der Waals surface area contributed by atoms with Crippen LogP contribution in [-0.4, -0.2) is 10.9 Å². The molecule has 2 nitrogen and oxygen atoms in total. The number of nitrogens with two attached hydrogens (primary N) is 1. The van der Waals surface area contributed by atoms with Crippen LogP contribution in [0.4, 0.5) is 0 Å². The second-order valence-corrected chi connectivity index (χ2v) is 7.70. The molecule has 1 aliphatic carbocycles. The Balaban J connectivity index is 2.33. The number of rotatable bonds is 2. The molecule has 1 aliphatic rings. The maximum absolute atomic E-state index is 7.27. The van der Waals surface area contributed by atoms with E-state index in [0.29, 0.717) is 5.41 Å². The molecular weight excluding hydrogens is 320 g/mol. The number of thioether (sulfide) groups is 1. The summed E-state index contributed by atoms with van der Waals surface area (Å²) >= 11 is 4.93. The quantitative estimate of drug-likeness (QED) is 0.618. The van der Waals surface area contributed by atoms with Gasteiger partial charge in [-0.25, -0.2) is 0 Å². The lowest BCUT2D eigenvalue weighted by Gasteiger charge is -2.33. The fourth-order valence-corrected chi connectivity index (χ4v) is 3.43. The van der Waals surface area contributed by atoms with E-state index in [1.807, 2.05) is 0 Å². The van der Waals surface area contributed by atoms with Gasteiger partial charge in [-0.1, -0.05) is 53.7 Å². The smallest absolute Gasteiger partial charge is 0.151 e. The van der Waals surface area contributed by atoms with E-state index in [1.54, 1.807) is 0 Å². The molecule has 3 N–H and O–H groups in total. The van der Waals surface area contributed by atoms with Crippen molar-refractivity contribution in [2.75, 3.05) is 5.75 Å². The summed E-state index contributed by atoms with van der Waals surface area (Å²) in [7, 11) is 0. The third-order valence-corrected chi connectivity index (χ3v) is 4.46. The number of halogens is 1. The van der Waals surface area contributed by atoms with Crippen molar-refractivity contribution in [3.63, 3.8) is 0 Å². The molecule has 19 heavy (non-hydrogen) atoms. The van der Waals surface area contributed by atoms with Crippen molar-refractivity contribution >= 4 is 38.4 Å². The fourth-order valence-electron chi connectivity index (χ4n) is 2.60. The number of hydrogen-bond acceptors (Lipinski definition) is 2. The van der Waals surface area contributed by atoms with Crippen LogP contribution >= 0.6 is 27.7 Å². The zero-order chi connectivity index (χ0) is 14.0. The van der Waals surface area contributed by atoms with E-state index in [4.69, 9.17) is 11.1 Å². The molecule has 0 saturated heterocycles. The Morgan fingerprint density at radius 3 is 2.89 bits per heavy atom. The molecule has 0 amide bonds. The second kappa shape index (κ2) is 5.71. The highest BCUT2D eigenvalue weighted by Gasteiger charge is 2.28. The monoisotopic (exact) mass is 338 g/mol. The molecule has 0 aromatic heterocycles. The molecule has 0 spiro atoms. The lowest BCUT2D eigenvalue weighted by Crippen LogP contribution is -2.21. The number of hydrogen-bond donors (Lipinski definition) is 2. The molecule has 0 radical (unpaired) electrons. The van der Waals surface area contributed by atoms with Gasteiger partial charge in [-0.15, -0.1) is 0 Å². The third kappa shape index (κ3) is 3.86. The second-order valence-electron chi connectivity index (χ2n) is 5.72. The first kappa shape index (κ1) is 14.7. The van der Waals surface area contributed by atoms with Crippen molar-refractivity contribution in [1.29, 1.82) is 5.41 Å². The first-order chi connectivity index (χ1) is 8.87. The van der Waals surface area contributed by atoms with Gasteiger partial charge in [0.15, 0.2) is 5.17 Å². The molecule has 0 heterocycles. The summed E-state index contributed by atoms with van der Waals surface area (Å²) in [5.41, 5.74) is 9.83. The van der Waals surface area contributed by atoms with E-state index in [9.17, 15) is 0 Å². The van der Waals surface area contributed by atoms with Gasteiger partial charge in [0, 0.05) is 10.2 Å².